The molecule has 0 aliphatic carbocycles. The number of hydrogen-bond donors (Lipinski definition) is 1. The lowest BCUT2D eigenvalue weighted by atomic mass is 10.2. The first-order chi connectivity index (χ1) is 19.9. The largest absolute Gasteiger partial charge is 0.493 e. The number of methoxy groups -OCH3 is 1. The van der Waals surface area contributed by atoms with Gasteiger partial charge in [0.05, 0.1) is 16.9 Å². The summed E-state index contributed by atoms with van der Waals surface area (Å²) in [7, 11) is -3.19. The Morgan fingerprint density at radius 1 is 1.12 bits per heavy atom. The number of benzene rings is 3. The molecule has 42 heavy (non-hydrogen) atoms. The number of imide groups is 1. The lowest BCUT2D eigenvalue weighted by molar-refractivity contribution is -0.385. The average molecular weight is 630 g/mol. The summed E-state index contributed by atoms with van der Waals surface area (Å²) in [5.74, 6) is -1.42. The van der Waals surface area contributed by atoms with Gasteiger partial charge in [0.15, 0.2) is 11.5 Å². The second kappa shape index (κ2) is 12.7. The molecule has 0 atom stereocenters. The molecule has 1 aliphatic rings. The summed E-state index contributed by atoms with van der Waals surface area (Å²) in [6.07, 6.45) is 3.29. The molecule has 15 heteroatoms. The third kappa shape index (κ3) is 6.92. The van der Waals surface area contributed by atoms with Gasteiger partial charge in [-0.1, -0.05) is 18.2 Å². The second-order valence-corrected chi connectivity index (χ2v) is 12.1. The fourth-order valence-electron chi connectivity index (χ4n) is 3.78. The molecule has 0 radical (unpaired) electrons. The van der Waals surface area contributed by atoms with Crippen LogP contribution in [0.15, 0.2) is 75.4 Å². The Kier molecular flexibility index (Phi) is 9.23. The molecular weight excluding hydrogens is 607 g/mol. The first kappa shape index (κ1) is 30.6. The minimum atomic E-state index is -4.46. The third-order valence-electron chi connectivity index (χ3n) is 5.88. The summed E-state index contributed by atoms with van der Waals surface area (Å²) in [5.41, 5.74) is 0.822. The molecule has 1 saturated heterocycles. The van der Waals surface area contributed by atoms with E-state index in [1.807, 2.05) is 12.3 Å². The van der Waals surface area contributed by atoms with Crippen LogP contribution in [-0.4, -0.2) is 55.2 Å². The van der Waals surface area contributed by atoms with E-state index in [1.54, 1.807) is 18.2 Å². The van der Waals surface area contributed by atoms with Crippen LogP contribution in [0.1, 0.15) is 11.1 Å². The van der Waals surface area contributed by atoms with Gasteiger partial charge in [-0.15, -0.1) is 11.8 Å². The zero-order valence-electron chi connectivity index (χ0n) is 22.4. The highest BCUT2D eigenvalue weighted by Crippen LogP contribution is 2.36. The minimum Gasteiger partial charge on any atom is -0.493 e. The van der Waals surface area contributed by atoms with E-state index < -0.39 is 43.5 Å². The van der Waals surface area contributed by atoms with E-state index >= 15 is 0 Å². The fourth-order valence-corrected chi connectivity index (χ4v) is 6.04. The number of nitrogens with one attached hydrogen (secondary N) is 1. The second-order valence-electron chi connectivity index (χ2n) is 8.70. The molecule has 3 aromatic carbocycles. The summed E-state index contributed by atoms with van der Waals surface area (Å²) in [6.45, 7) is 1.00. The molecule has 1 heterocycles. The first-order valence-corrected chi connectivity index (χ1v) is 15.4. The Bertz CT molecular complexity index is 1740. The van der Waals surface area contributed by atoms with Crippen LogP contribution in [0.3, 0.4) is 0 Å². The highest BCUT2D eigenvalue weighted by Gasteiger charge is 2.36. The zero-order chi connectivity index (χ0) is 30.6. The fraction of sp³-hybridized carbons (Fsp3) is 0.148. The molecule has 218 valence electrons. The summed E-state index contributed by atoms with van der Waals surface area (Å²) in [4.78, 5) is 49.9. The minimum absolute atomic E-state index is 0.0139. The molecule has 0 spiro atoms. The van der Waals surface area contributed by atoms with Gasteiger partial charge < -0.3 is 14.2 Å². The predicted octanol–water partition coefficient (Wildman–Crippen LogP) is 5.08. The van der Waals surface area contributed by atoms with Gasteiger partial charge in [-0.05, 0) is 73.0 Å². The van der Waals surface area contributed by atoms with Crippen LogP contribution in [0.2, 0.25) is 0 Å². The van der Waals surface area contributed by atoms with Gasteiger partial charge in [0.2, 0.25) is 5.91 Å². The Balaban J connectivity index is 1.49. The third-order valence-corrected chi connectivity index (χ3v) is 8.74. The van der Waals surface area contributed by atoms with E-state index in [-0.39, 0.29) is 27.7 Å². The van der Waals surface area contributed by atoms with Crippen molar-refractivity contribution in [2.24, 2.45) is 0 Å². The van der Waals surface area contributed by atoms with Gasteiger partial charge in [0.1, 0.15) is 11.4 Å². The summed E-state index contributed by atoms with van der Waals surface area (Å²) >= 11 is 2.15. The lowest BCUT2D eigenvalue weighted by Crippen LogP contribution is -2.36. The van der Waals surface area contributed by atoms with Crippen LogP contribution in [0, 0.1) is 17.0 Å². The zero-order valence-corrected chi connectivity index (χ0v) is 24.8. The number of thioether (sulfide) groups is 2. The quantitative estimate of drug-likeness (QED) is 0.105. The average Bonchev–Trinajstić information content (AvgIpc) is 3.20. The van der Waals surface area contributed by atoms with Gasteiger partial charge in [-0.2, -0.15) is 8.42 Å². The van der Waals surface area contributed by atoms with Crippen molar-refractivity contribution in [2.45, 2.75) is 16.7 Å². The maximum atomic E-state index is 12.9. The van der Waals surface area contributed by atoms with Crippen molar-refractivity contribution >= 4 is 68.1 Å². The Morgan fingerprint density at radius 3 is 2.57 bits per heavy atom. The number of nitro groups is 1. The van der Waals surface area contributed by atoms with Gasteiger partial charge in [-0.25, -0.2) is 0 Å². The SMILES string of the molecule is COc1cc(/C=C2\SC(=O)N(CC(=O)Nc3cccc(SC)c3)C2=O)ccc1OS(=O)(=O)c1ccc(C)c([N+](=O)[O-])c1. The summed E-state index contributed by atoms with van der Waals surface area (Å²) in [5, 5.41) is 13.3. The monoisotopic (exact) mass is 629 g/mol. The van der Waals surface area contributed by atoms with Crippen LogP contribution in [0.25, 0.3) is 6.08 Å². The first-order valence-electron chi connectivity index (χ1n) is 12.0. The van der Waals surface area contributed by atoms with Crippen molar-refractivity contribution in [3.8, 4) is 11.5 Å². The van der Waals surface area contributed by atoms with Gasteiger partial charge >= 0.3 is 10.1 Å². The van der Waals surface area contributed by atoms with Crippen LogP contribution in [-0.2, 0) is 19.7 Å². The highest BCUT2D eigenvalue weighted by molar-refractivity contribution is 8.18. The van der Waals surface area contributed by atoms with Crippen molar-refractivity contribution < 1.29 is 36.6 Å². The van der Waals surface area contributed by atoms with Crippen molar-refractivity contribution in [1.29, 1.82) is 0 Å². The Labute approximate surface area is 249 Å². The van der Waals surface area contributed by atoms with E-state index in [2.05, 4.69) is 5.32 Å². The number of nitrogens with zero attached hydrogens (tertiary/aromatic N) is 2. The summed E-state index contributed by atoms with van der Waals surface area (Å²) < 4.78 is 36.1. The number of rotatable bonds is 10. The molecule has 1 aliphatic heterocycles. The van der Waals surface area contributed by atoms with Crippen molar-refractivity contribution in [2.75, 3.05) is 25.2 Å². The van der Waals surface area contributed by atoms with Crippen LogP contribution in [0.4, 0.5) is 16.2 Å². The maximum Gasteiger partial charge on any atom is 0.339 e. The van der Waals surface area contributed by atoms with Crippen molar-refractivity contribution in [3.05, 3.63) is 86.8 Å². The molecular formula is C27H23N3O9S3. The number of carbonyl (C=O) groups is 3. The number of anilines is 1. The smallest absolute Gasteiger partial charge is 0.339 e. The number of hydrogen-bond acceptors (Lipinski definition) is 11. The van der Waals surface area contributed by atoms with E-state index in [9.17, 15) is 32.9 Å². The van der Waals surface area contributed by atoms with Gasteiger partial charge in [0.25, 0.3) is 16.8 Å². The van der Waals surface area contributed by atoms with E-state index in [1.165, 1.54) is 62.2 Å². The molecule has 0 saturated carbocycles. The Morgan fingerprint density at radius 2 is 1.88 bits per heavy atom. The Hall–Kier alpha value is -4.34. The maximum absolute atomic E-state index is 12.9. The normalized spacial score (nSPS) is 14.3. The van der Waals surface area contributed by atoms with E-state index in [0.29, 0.717) is 23.0 Å². The molecule has 3 amide bonds. The van der Waals surface area contributed by atoms with E-state index in [0.717, 1.165) is 15.9 Å². The number of aryl methyl sites for hydroxylation is 1. The number of amides is 3. The van der Waals surface area contributed by atoms with Crippen molar-refractivity contribution in [1.82, 2.24) is 4.90 Å². The van der Waals surface area contributed by atoms with Gasteiger partial charge in [-0.3, -0.25) is 29.4 Å². The lowest BCUT2D eigenvalue weighted by Gasteiger charge is -2.13. The van der Waals surface area contributed by atoms with Crippen molar-refractivity contribution in [3.63, 3.8) is 0 Å². The predicted molar refractivity (Wildman–Crippen MR) is 158 cm³/mol. The molecule has 1 N–H and O–H groups in total. The molecule has 3 aromatic rings. The topological polar surface area (TPSA) is 162 Å². The molecule has 0 aromatic heterocycles. The van der Waals surface area contributed by atoms with Crippen LogP contribution < -0.4 is 14.2 Å². The number of ether oxygens (including phenoxy) is 1. The van der Waals surface area contributed by atoms with Crippen LogP contribution >= 0.6 is 23.5 Å². The molecule has 12 nitrogen and oxygen atoms in total. The van der Waals surface area contributed by atoms with Gasteiger partial charge in [0, 0.05) is 22.2 Å². The standard InChI is InChI=1S/C27H23N3O9S3/c1-16-7-9-20(14-21(16)30(34)35)42(36,37)39-22-10-8-17(11-23(22)38-2)12-24-26(32)29(27(33)41-24)15-25(31)28-18-5-4-6-19(13-18)40-3/h4-14H,15H2,1-3H3,(H,28,31)/b24-12-. The number of nitro benzene ring substituents is 1. The highest BCUT2D eigenvalue weighted by atomic mass is 32.2. The molecule has 4 rings (SSSR count). The molecule has 0 unspecified atom stereocenters. The molecule has 0 bridgehead atoms. The van der Waals surface area contributed by atoms with E-state index in [4.69, 9.17) is 8.92 Å². The summed E-state index contributed by atoms with van der Waals surface area (Å²) in [6, 6.07) is 14.6. The van der Waals surface area contributed by atoms with Crippen LogP contribution in [0.5, 0.6) is 11.5 Å². The molecule has 1 fully saturated rings. The number of carbonyl (C=O) groups excluding carboxylic acids is 3.